The highest BCUT2D eigenvalue weighted by Gasteiger charge is 2.58. The number of aliphatic imine (C=N–C) groups is 1. The van der Waals surface area contributed by atoms with Crippen LogP contribution in [-0.2, 0) is 14.4 Å². The molecule has 1 saturated heterocycles. The van der Waals surface area contributed by atoms with Crippen LogP contribution in [-0.4, -0.2) is 69.8 Å². The van der Waals surface area contributed by atoms with Crippen molar-refractivity contribution in [1.29, 1.82) is 0 Å². The number of hydrogen-bond donors (Lipinski definition) is 3. The van der Waals surface area contributed by atoms with Gasteiger partial charge >= 0.3 is 6.09 Å². The van der Waals surface area contributed by atoms with Crippen LogP contribution in [0.3, 0.4) is 0 Å². The summed E-state index contributed by atoms with van der Waals surface area (Å²) in [5.41, 5.74) is 3.16. The highest BCUT2D eigenvalue weighted by molar-refractivity contribution is 6.58. The fourth-order valence-electron chi connectivity index (χ4n) is 5.31. The van der Waals surface area contributed by atoms with Crippen molar-refractivity contribution in [1.82, 2.24) is 15.2 Å². The fourth-order valence-corrected chi connectivity index (χ4v) is 5.31. The van der Waals surface area contributed by atoms with Crippen LogP contribution in [0.1, 0.15) is 31.9 Å². The molecule has 2 aliphatic heterocycles. The molecule has 1 aliphatic carbocycles. The molecule has 1 aromatic heterocycles. The van der Waals surface area contributed by atoms with Crippen LogP contribution in [0.25, 0.3) is 10.9 Å². The van der Waals surface area contributed by atoms with E-state index in [-0.39, 0.29) is 42.4 Å². The van der Waals surface area contributed by atoms with Gasteiger partial charge in [-0.1, -0.05) is 41.6 Å². The highest BCUT2D eigenvalue weighted by Crippen LogP contribution is 2.45. The molecule has 0 bridgehead atoms. The molecule has 2 amide bonds. The summed E-state index contributed by atoms with van der Waals surface area (Å²) in [5, 5.41) is 18.8. The average molecular weight is 516 g/mol. The van der Waals surface area contributed by atoms with E-state index in [4.69, 9.17) is 14.6 Å². The Labute approximate surface area is 219 Å². The maximum absolute atomic E-state index is 12.6. The van der Waals surface area contributed by atoms with Crippen LogP contribution in [0, 0.1) is 11.8 Å². The molecule has 2 atom stereocenters. The van der Waals surface area contributed by atoms with Crippen molar-refractivity contribution in [3.63, 3.8) is 0 Å². The Kier molecular flexibility index (Phi) is 5.62. The molecule has 3 N–H and O–H groups in total. The second kappa shape index (κ2) is 8.90. The van der Waals surface area contributed by atoms with Crippen molar-refractivity contribution in [2.45, 2.75) is 32.4 Å². The lowest BCUT2D eigenvalue weighted by atomic mass is 10.0. The number of ether oxygens (including phenoxy) is 1. The standard InChI is InChI=1S/C28H29N5O5/c1-28(2,3)38-27(36)33-12-17-18(13-33)23(17)31-21(34)14-37-32-24-16-9-5-7-11-20(16)29-25(24)22-15-8-4-6-10-19(15)30-26(22)35/h4-11,17-18,23,30,35H,12-14H2,1-3H3,(H,31,34)/b32-24+. The second-order valence-electron chi connectivity index (χ2n) is 10.9. The molecule has 10 heteroatoms. The third-order valence-electron chi connectivity index (χ3n) is 7.06. The average Bonchev–Trinajstić information content (AvgIpc) is 3.22. The molecule has 38 heavy (non-hydrogen) atoms. The first-order chi connectivity index (χ1) is 18.2. The summed E-state index contributed by atoms with van der Waals surface area (Å²) in [4.78, 5) is 39.8. The van der Waals surface area contributed by atoms with Gasteiger partial charge in [0.05, 0.1) is 11.3 Å². The Hall–Kier alpha value is -4.34. The van der Waals surface area contributed by atoms with E-state index in [1.54, 1.807) is 4.90 Å². The predicted molar refractivity (Wildman–Crippen MR) is 142 cm³/mol. The zero-order valence-electron chi connectivity index (χ0n) is 21.4. The minimum Gasteiger partial charge on any atom is -0.494 e. The van der Waals surface area contributed by atoms with Crippen LogP contribution in [0.2, 0.25) is 0 Å². The maximum atomic E-state index is 12.6. The van der Waals surface area contributed by atoms with Gasteiger partial charge < -0.3 is 29.9 Å². The van der Waals surface area contributed by atoms with Gasteiger partial charge in [0.15, 0.2) is 12.5 Å². The summed E-state index contributed by atoms with van der Waals surface area (Å²) in [6, 6.07) is 15.1. The monoisotopic (exact) mass is 515 g/mol. The number of nitrogens with zero attached hydrogens (tertiary/aromatic N) is 3. The molecule has 0 radical (unpaired) electrons. The number of rotatable bonds is 5. The Balaban J connectivity index is 1.10. The number of benzene rings is 2. The van der Waals surface area contributed by atoms with Crippen LogP contribution < -0.4 is 5.32 Å². The van der Waals surface area contributed by atoms with Crippen molar-refractivity contribution in [2.75, 3.05) is 19.7 Å². The topological polar surface area (TPSA) is 129 Å². The van der Waals surface area contributed by atoms with Gasteiger partial charge in [0.1, 0.15) is 17.0 Å². The van der Waals surface area contributed by atoms with Gasteiger partial charge in [-0.15, -0.1) is 0 Å². The number of aromatic hydroxyl groups is 1. The molecule has 6 rings (SSSR count). The number of H-pyrrole nitrogens is 1. The third-order valence-corrected chi connectivity index (χ3v) is 7.06. The molecule has 2 unspecified atom stereocenters. The van der Waals surface area contributed by atoms with Crippen molar-refractivity contribution < 1.29 is 24.3 Å². The van der Waals surface area contributed by atoms with E-state index in [0.717, 1.165) is 16.5 Å². The number of oxime groups is 1. The first-order valence-corrected chi connectivity index (χ1v) is 12.7. The molecule has 3 aromatic rings. The quantitative estimate of drug-likeness (QED) is 0.446. The number of para-hydroxylation sites is 2. The zero-order chi connectivity index (χ0) is 26.6. The maximum Gasteiger partial charge on any atom is 0.410 e. The van der Waals surface area contributed by atoms with Crippen molar-refractivity contribution in [3.8, 4) is 5.88 Å². The van der Waals surface area contributed by atoms with Gasteiger partial charge in [-0.3, -0.25) is 4.79 Å². The highest BCUT2D eigenvalue weighted by atomic mass is 16.6. The number of amides is 2. The Bertz CT molecular complexity index is 1490. The van der Waals surface area contributed by atoms with E-state index in [9.17, 15) is 14.7 Å². The van der Waals surface area contributed by atoms with Crippen molar-refractivity contribution >= 4 is 40.0 Å². The molecule has 3 aliphatic rings. The number of hydrogen-bond acceptors (Lipinski definition) is 7. The summed E-state index contributed by atoms with van der Waals surface area (Å²) >= 11 is 0. The van der Waals surface area contributed by atoms with Gasteiger partial charge in [0.2, 0.25) is 0 Å². The SMILES string of the molecule is CC(C)(C)OC(=O)N1CC2C(C1)C2NC(=O)CO/N=C1/C(c2c(O)[nH]c3ccccc23)=Nc2ccccc21. The number of aromatic amines is 1. The molecule has 2 fully saturated rings. The summed E-state index contributed by atoms with van der Waals surface area (Å²) in [5.74, 6) is 0.160. The molecule has 3 heterocycles. The molecule has 1 saturated carbocycles. The smallest absolute Gasteiger partial charge is 0.410 e. The van der Waals surface area contributed by atoms with E-state index >= 15 is 0 Å². The van der Waals surface area contributed by atoms with Gasteiger partial charge in [0, 0.05) is 47.4 Å². The van der Waals surface area contributed by atoms with Gasteiger partial charge in [-0.2, -0.15) is 0 Å². The first-order valence-electron chi connectivity index (χ1n) is 12.7. The largest absolute Gasteiger partial charge is 0.494 e. The number of carbonyl (C=O) groups is 2. The van der Waals surface area contributed by atoms with Gasteiger partial charge in [-0.25, -0.2) is 9.79 Å². The molecular weight excluding hydrogens is 486 g/mol. The predicted octanol–water partition coefficient (Wildman–Crippen LogP) is 3.71. The summed E-state index contributed by atoms with van der Waals surface area (Å²) in [6.45, 7) is 6.41. The molecule has 10 nitrogen and oxygen atoms in total. The summed E-state index contributed by atoms with van der Waals surface area (Å²) < 4.78 is 5.44. The molecular formula is C28H29N5O5. The van der Waals surface area contributed by atoms with Crippen LogP contribution in [0.5, 0.6) is 5.88 Å². The number of nitrogens with one attached hydrogen (secondary N) is 2. The van der Waals surface area contributed by atoms with Crippen LogP contribution >= 0.6 is 0 Å². The number of carbonyl (C=O) groups excluding carboxylic acids is 2. The van der Waals surface area contributed by atoms with Gasteiger partial charge in [0.25, 0.3) is 5.91 Å². The van der Waals surface area contributed by atoms with Crippen molar-refractivity contribution in [3.05, 3.63) is 59.7 Å². The number of likely N-dealkylation sites (tertiary alicyclic amines) is 1. The van der Waals surface area contributed by atoms with E-state index in [0.29, 0.717) is 35.8 Å². The second-order valence-corrected chi connectivity index (χ2v) is 10.9. The lowest BCUT2D eigenvalue weighted by Gasteiger charge is -2.26. The van der Waals surface area contributed by atoms with Crippen molar-refractivity contribution in [2.24, 2.45) is 22.0 Å². The Morgan fingerprint density at radius 1 is 1.13 bits per heavy atom. The number of fused-ring (bicyclic) bond motifs is 3. The zero-order valence-corrected chi connectivity index (χ0v) is 21.4. The Morgan fingerprint density at radius 2 is 1.84 bits per heavy atom. The molecule has 196 valence electrons. The molecule has 0 spiro atoms. The summed E-state index contributed by atoms with van der Waals surface area (Å²) in [6.07, 6.45) is -0.315. The normalized spacial score (nSPS) is 22.7. The van der Waals surface area contributed by atoms with E-state index < -0.39 is 5.60 Å². The fraction of sp³-hybridized carbons (Fsp3) is 0.357. The van der Waals surface area contributed by atoms with Gasteiger partial charge in [-0.05, 0) is 32.9 Å². The molecule has 2 aromatic carbocycles. The first kappa shape index (κ1) is 24.0. The van der Waals surface area contributed by atoms with E-state index in [1.807, 2.05) is 69.3 Å². The lowest BCUT2D eigenvalue weighted by molar-refractivity contribution is -0.126. The third kappa shape index (κ3) is 4.36. The number of piperidine rings is 1. The Morgan fingerprint density at radius 3 is 2.61 bits per heavy atom. The minimum absolute atomic E-state index is 0.0103. The van der Waals surface area contributed by atoms with Crippen LogP contribution in [0.15, 0.2) is 58.7 Å². The van der Waals surface area contributed by atoms with E-state index in [1.165, 1.54) is 0 Å². The van der Waals surface area contributed by atoms with Crippen LogP contribution in [0.4, 0.5) is 10.5 Å². The minimum atomic E-state index is -0.534. The van der Waals surface area contributed by atoms with E-state index in [2.05, 4.69) is 15.5 Å². The number of aromatic nitrogens is 1. The summed E-state index contributed by atoms with van der Waals surface area (Å²) in [7, 11) is 0. The lowest BCUT2D eigenvalue weighted by Crippen LogP contribution is -2.40.